The van der Waals surface area contributed by atoms with Gasteiger partial charge in [0.2, 0.25) is 0 Å². The van der Waals surface area contributed by atoms with Gasteiger partial charge in [0.25, 0.3) is 46.9 Å². The Bertz CT molecular complexity index is 6480. The number of carbonyl (C=O) groups excluding carboxylic acids is 4. The zero-order valence-electron chi connectivity index (χ0n) is 65.7. The number of nitrogens with one attached hydrogen (secondary N) is 6. The van der Waals surface area contributed by atoms with Crippen LogP contribution < -0.4 is 82.9 Å². The van der Waals surface area contributed by atoms with E-state index in [0.717, 1.165) is 64.0 Å². The van der Waals surface area contributed by atoms with E-state index in [1.54, 1.807) is 42.5 Å². The van der Waals surface area contributed by atoms with Crippen molar-refractivity contribution in [3.63, 3.8) is 0 Å². The fourth-order valence-corrected chi connectivity index (χ4v) is 19.4. The number of aliphatic hydroxyl groups excluding tert-OH is 2. The van der Waals surface area contributed by atoms with Crippen molar-refractivity contribution in [3.05, 3.63) is 209 Å². The second-order valence-corrected chi connectivity index (χ2v) is 36.4. The van der Waals surface area contributed by atoms with Crippen molar-refractivity contribution in [1.29, 1.82) is 0 Å². The highest BCUT2D eigenvalue weighted by Gasteiger charge is 2.50. The van der Waals surface area contributed by atoms with Crippen LogP contribution in [0.15, 0.2) is 180 Å². The van der Waals surface area contributed by atoms with E-state index in [2.05, 4.69) is 101 Å². The maximum absolute atomic E-state index is 13.0. The summed E-state index contributed by atoms with van der Waals surface area (Å²) in [5.41, 5.74) is 20.6. The molecule has 4 aliphatic heterocycles. The van der Waals surface area contributed by atoms with Crippen molar-refractivity contribution in [1.82, 2.24) is 60.3 Å². The number of benzene rings is 5. The van der Waals surface area contributed by atoms with Gasteiger partial charge in [-0.15, -0.1) is 0 Å². The molecule has 0 spiro atoms. The number of nitrogens with zero attached hydrogens (tertiary/aromatic N) is 8. The average molecular weight is 1890 g/mol. The lowest BCUT2D eigenvalue weighted by molar-refractivity contribution is -0.254. The van der Waals surface area contributed by atoms with Gasteiger partial charge in [-0.1, -0.05) is 55.1 Å². The maximum atomic E-state index is 13.0. The predicted octanol–water partition coefficient (Wildman–Crippen LogP) is 2.36. The summed E-state index contributed by atoms with van der Waals surface area (Å²) >= 11 is 0. The minimum Gasteiger partial charge on any atom is -0.756 e. The minimum absolute atomic E-state index is 0.0127. The van der Waals surface area contributed by atoms with E-state index in [1.165, 1.54) is 28.8 Å². The van der Waals surface area contributed by atoms with Crippen molar-refractivity contribution in [2.75, 3.05) is 61.5 Å². The molecule has 128 heavy (non-hydrogen) atoms. The molecule has 56 heteroatoms. The number of phenolic OH excluding ortho intramolecular Hbond substituents is 1. The molecule has 8 heterocycles. The molecule has 0 radical (unpaired) electrons. The van der Waals surface area contributed by atoms with E-state index in [0.29, 0.717) is 56.6 Å². The van der Waals surface area contributed by atoms with E-state index in [1.807, 2.05) is 56.3 Å². The molecule has 15 N–H and O–H groups in total. The molecule has 4 aromatic heterocycles. The number of fused-ring (bicyclic) bond motifs is 6. The van der Waals surface area contributed by atoms with Crippen LogP contribution in [-0.2, 0) is 72.6 Å². The lowest BCUT2D eigenvalue weighted by Crippen LogP contribution is -2.42. The molecule has 14 rings (SSSR count). The number of rotatable bonds is 34. The van der Waals surface area contributed by atoms with Crippen molar-refractivity contribution in [2.24, 2.45) is 0 Å². The predicted molar refractivity (Wildman–Crippen MR) is 432 cm³/mol. The molecular formula is C72H70N16O34P6-6. The van der Waals surface area contributed by atoms with Crippen LogP contribution in [0.3, 0.4) is 0 Å². The van der Waals surface area contributed by atoms with Gasteiger partial charge >= 0.3 is 12.2 Å². The molecule has 0 bridgehead atoms. The van der Waals surface area contributed by atoms with Gasteiger partial charge in [0.15, 0.2) is 65.6 Å². The first-order valence-electron chi connectivity index (χ1n) is 37.0. The largest absolute Gasteiger partial charge is 0.756 e. The van der Waals surface area contributed by atoms with Crippen LogP contribution in [0.25, 0.3) is 61.3 Å². The molecule has 50 nitrogen and oxygen atoms in total. The number of carbonyl (C=O) groups is 4. The van der Waals surface area contributed by atoms with E-state index < -0.39 is 121 Å². The van der Waals surface area contributed by atoms with Gasteiger partial charge in [-0.05, 0) is 91.2 Å². The van der Waals surface area contributed by atoms with Crippen LogP contribution >= 0.6 is 46.9 Å². The van der Waals surface area contributed by atoms with Crippen LogP contribution in [0.5, 0.6) is 11.5 Å². The van der Waals surface area contributed by atoms with Crippen molar-refractivity contribution < 1.29 is 155 Å². The molecule has 9 unspecified atom stereocenters. The molecule has 2 aliphatic carbocycles. The highest BCUT2D eigenvalue weighted by Crippen LogP contribution is 2.63. The van der Waals surface area contributed by atoms with Gasteiger partial charge in [0.1, 0.15) is 77.1 Å². The maximum Gasteiger partial charge on any atom is 0.407 e. The number of allylic oxidation sites excluding steroid dienone is 2. The number of nitrogen functional groups attached to an aromatic ring is 2. The molecule has 2 saturated heterocycles. The lowest BCUT2D eigenvalue weighted by atomic mass is 9.83. The molecule has 4 aromatic carbocycles. The number of aliphatic hydroxyl groups is 2. The monoisotopic (exact) mass is 1890 g/mol. The zero-order chi connectivity index (χ0) is 92.3. The molecular weight excluding hydrogens is 1820 g/mol. The van der Waals surface area contributed by atoms with Crippen LogP contribution in [0, 0.1) is 6.92 Å². The third-order valence-electron chi connectivity index (χ3n) is 18.9. The summed E-state index contributed by atoms with van der Waals surface area (Å²) in [4.78, 5) is 174. The molecule has 15 atom stereocenters. The summed E-state index contributed by atoms with van der Waals surface area (Å²) in [6, 6.07) is 24.8. The Hall–Kier alpha value is -11.7. The number of alkyl carbamates (subject to hydrolysis) is 2. The van der Waals surface area contributed by atoms with Crippen molar-refractivity contribution >= 4 is 134 Å². The molecule has 6 aliphatic rings. The number of phosphoric acid groups is 6. The number of aryl methyl sites for hydroxylation is 1. The first-order valence-corrected chi connectivity index (χ1v) is 45.8. The number of nitrogens with two attached hydrogens (primary N) is 2. The molecule has 2 fully saturated rings. The second kappa shape index (κ2) is 38.3. The molecule has 2 amide bonds. The Labute approximate surface area is 719 Å². The first-order chi connectivity index (χ1) is 60.4. The molecule has 0 saturated carbocycles. The summed E-state index contributed by atoms with van der Waals surface area (Å²) in [6.07, 6.45) is -4.26. The number of aromatic nitrogens is 8. The number of amides is 2. The lowest BCUT2D eigenvalue weighted by Gasteiger charge is -2.33. The van der Waals surface area contributed by atoms with Gasteiger partial charge in [-0.3, -0.25) is 50.9 Å². The Balaban J connectivity index is 0.000000219. The normalized spacial score (nSPS) is 21.7. The van der Waals surface area contributed by atoms with E-state index in [-0.39, 0.29) is 106 Å². The van der Waals surface area contributed by atoms with Gasteiger partial charge in [-0.2, -0.15) is 0 Å². The Kier molecular flexibility index (Phi) is 28.1. The smallest absolute Gasteiger partial charge is 0.407 e. The summed E-state index contributed by atoms with van der Waals surface area (Å²) in [5.74, 6) is 1.31. The number of anilines is 4. The standard InChI is InChI=1S/C37H41N8O16P3.C35H35N8O18P3/c1-19-4-7-25-27(12-19)57-28-13-20(2)5-8-26(28)30(25)24-9-6-23(14-22(24)15-46)44-21(3)39-10-11-40-37(48)59-33-29(16-56-63(52,53)61-64(54,55)60-62(49,50)51)58-36(32(33)47)45-18-43-31-34(38)41-17-42-35(31)45;1-17(42-19-2-5-22(18(10-19)13-44)28-23-6-3-20(45)11-25(23)57-26-12-21(46)4-7-24(26)28)37-8-9-38-35(48)59-31-27(14-56-63(52,53)61-64(54,55)60-62(49,50)51)58-34(30(31)47)43-16-41-29-32(36)39-15-40-33(29)43/h4-9,12-15,17-18,27,29,32-33,36,39,44,47H,3,10-11,16H2,1-2H3,(H,40,48)(H,52,53)(H,54,55)(H2,38,41,42)(H2,49,50,51);2-7,10-13,15-16,27,30-31,34,37,42,45,47H,1,8-9,14H2,(H,38,48)(H,52,53)(H,54,55)(H2,36,39,40)(H2,49,50,51)/p-6/t27?,29-,32+,33?,36-;27-,30+,31?,34-/m11/s1. The van der Waals surface area contributed by atoms with Gasteiger partial charge in [-0.25, -0.2) is 56.7 Å². The highest BCUT2D eigenvalue weighted by molar-refractivity contribution is 7.65. The van der Waals surface area contributed by atoms with E-state index >= 15 is 0 Å². The number of aldehydes is 2. The van der Waals surface area contributed by atoms with Crippen LogP contribution in [-0.4, -0.2) is 171 Å². The number of phosphoric ester groups is 2. The quantitative estimate of drug-likeness (QED) is 0.0119. The number of hydrogen-bond donors (Lipinski definition) is 13. The number of hydrogen-bond acceptors (Lipinski definition) is 44. The summed E-state index contributed by atoms with van der Waals surface area (Å²) in [6.45, 7) is 9.23. The number of imidazole rings is 2. The fourth-order valence-electron chi connectivity index (χ4n) is 13.6. The Morgan fingerprint density at radius 2 is 1.06 bits per heavy atom. The zero-order valence-corrected chi connectivity index (χ0v) is 71.1. The second-order valence-electron chi connectivity index (χ2n) is 27.8. The van der Waals surface area contributed by atoms with Crippen LogP contribution in [0.2, 0.25) is 0 Å². The molecule has 8 aromatic rings. The Morgan fingerprint density at radius 3 is 1.57 bits per heavy atom. The third kappa shape index (κ3) is 22.7. The number of ether oxygens (including phenoxy) is 5. The van der Waals surface area contributed by atoms with Gasteiger partial charge < -0.3 is 135 Å². The van der Waals surface area contributed by atoms with Crippen molar-refractivity contribution in [3.8, 4) is 33.9 Å². The van der Waals surface area contributed by atoms with Crippen LogP contribution in [0.1, 0.15) is 56.8 Å². The third-order valence-corrected chi connectivity index (χ3v) is 26.2. The number of phenols is 1. The molecule has 678 valence electrons. The van der Waals surface area contributed by atoms with Gasteiger partial charge in [0.05, 0.1) is 37.5 Å². The summed E-state index contributed by atoms with van der Waals surface area (Å²) in [5, 5.41) is 50.0. The minimum atomic E-state index is -6.26. The SMILES string of the molecule is C=C(NCCNC(=O)OC1[C@@H](COP(=O)([O-])OP(=O)([O-])OP(=O)([O-])O)O[C@@H](n2cnc3c(N)ncnc32)[C@H]1O)Nc1ccc(-c2c3ccc(=O)cc-3oc3cc(O)ccc23)c(C=O)c1.C=C(NCCNC(=O)OC1[C@@H](COP(=O)([O-])OP(=O)([O-])OP(=O)([O-])O)O[C@@H](n2cnc3c(N)ncnc32)[C@H]1O)Nc1ccc(C2=C3C=CC(C)=CC3Oc3cc(C)ccc32)c(C=O)c1. The highest BCUT2D eigenvalue weighted by atomic mass is 31.3. The fraction of sp³-hybridized carbons (Fsp3) is 0.236. The van der Waals surface area contributed by atoms with Gasteiger partial charge in [0, 0.05) is 94.0 Å². The first kappa shape index (κ1) is 93.9. The van der Waals surface area contributed by atoms with E-state index in [4.69, 9.17) is 49.4 Å². The van der Waals surface area contributed by atoms with Crippen molar-refractivity contribution in [2.45, 2.75) is 69.0 Å². The number of aromatic hydroxyl groups is 1. The topological polar surface area (TPSA) is 753 Å². The van der Waals surface area contributed by atoms with Crippen LogP contribution in [0.4, 0.5) is 32.6 Å². The average Bonchev–Trinajstić information content (AvgIpc) is 1.26. The summed E-state index contributed by atoms with van der Waals surface area (Å²) in [7, 11) is -36.5. The summed E-state index contributed by atoms with van der Waals surface area (Å²) < 4.78 is 129. The Morgan fingerprint density at radius 1 is 0.578 bits per heavy atom. The van der Waals surface area contributed by atoms with E-state index in [9.17, 15) is 96.0 Å².